The minimum Gasteiger partial charge on any atom is -0.497 e. The summed E-state index contributed by atoms with van der Waals surface area (Å²) in [5.41, 5.74) is 20.3. The third-order valence-electron chi connectivity index (χ3n) is 22.3. The molecule has 792 valence electrons. The van der Waals surface area contributed by atoms with E-state index in [4.69, 9.17) is 40.0 Å². The molecular formula is C122H174ClFN16O6. The number of halogens is 2. The van der Waals surface area contributed by atoms with Gasteiger partial charge in [0.05, 0.1) is 89.2 Å². The van der Waals surface area contributed by atoms with Crippen LogP contribution in [0.25, 0.3) is 17.2 Å². The largest absolute Gasteiger partial charge is 0.497 e. The van der Waals surface area contributed by atoms with Crippen molar-refractivity contribution >= 4 is 11.6 Å². The second-order valence-corrected chi connectivity index (χ2v) is 47.0. The Labute approximate surface area is 881 Å². The van der Waals surface area contributed by atoms with Crippen molar-refractivity contribution in [2.75, 3.05) is 42.7 Å². The van der Waals surface area contributed by atoms with Crippen molar-refractivity contribution in [2.24, 2.45) is 0 Å². The molecule has 0 atom stereocenters. The van der Waals surface area contributed by atoms with Crippen LogP contribution in [0.15, 0.2) is 232 Å². The van der Waals surface area contributed by atoms with Crippen LogP contribution in [-0.2, 0) is 72.4 Å². The Morgan fingerprint density at radius 1 is 0.315 bits per heavy atom. The number of pyridine rings is 9. The highest BCUT2D eigenvalue weighted by Crippen LogP contribution is 2.38. The van der Waals surface area contributed by atoms with Crippen molar-refractivity contribution in [3.63, 3.8) is 0 Å². The van der Waals surface area contributed by atoms with Gasteiger partial charge in [-0.1, -0.05) is 290 Å². The quantitative estimate of drug-likeness (QED) is 0.117. The molecule has 0 N–H and O–H groups in total. The molecule has 14 aromatic rings. The molecule has 0 saturated carbocycles. The maximum absolute atomic E-state index is 13.5. The SMILES string of the molecule is CC(C)(C)c1cccc(-n2cccn2)c1.CC(C)(C)c1cccc(-n2cccn2)n1.CCc1ccc(C(C)(C)C)nc1.CCc1ccnc(C(C)(C)C)c1.COc1ccc(C)c(C(C)(C)C)n1.COc1cccc(F)c1C(C)(C)C.COc1cccnc1C(C)(C)C.COc1ccnc(C(C)(C)C)c1.COc1ccnc(C(C)(C)C)c1C.COc1ccnc(C(C)(C)C)c1Cl.Cc1ccc(-n2nccn2)c(C(C)(C)C)n1. The Morgan fingerprint density at radius 3 is 1.27 bits per heavy atom. The number of methoxy groups -OCH3 is 6. The Bertz CT molecular complexity index is 5960. The van der Waals surface area contributed by atoms with Crippen LogP contribution in [0, 0.1) is 26.6 Å². The smallest absolute Gasteiger partial charge is 0.213 e. The van der Waals surface area contributed by atoms with E-state index >= 15 is 0 Å². The lowest BCUT2D eigenvalue weighted by Crippen LogP contribution is -2.19. The van der Waals surface area contributed by atoms with E-state index in [9.17, 15) is 4.39 Å². The van der Waals surface area contributed by atoms with E-state index < -0.39 is 0 Å². The number of nitrogens with zero attached hydrogens (tertiary/aromatic N) is 16. The topological polar surface area (TPSA) is 238 Å². The minimum atomic E-state index is -0.226. The van der Waals surface area contributed by atoms with Crippen molar-refractivity contribution in [1.82, 2.24) is 79.4 Å². The molecule has 0 radical (unpaired) electrons. The van der Waals surface area contributed by atoms with Crippen LogP contribution in [0.1, 0.15) is 333 Å². The molecule has 2 aromatic carbocycles. The molecule has 0 saturated heterocycles. The number of hydrogen-bond donors (Lipinski definition) is 0. The molecule has 24 heteroatoms. The van der Waals surface area contributed by atoms with Gasteiger partial charge in [-0.3, -0.25) is 34.9 Å². The molecule has 0 bridgehead atoms. The lowest BCUT2D eigenvalue weighted by Gasteiger charge is -2.22. The minimum absolute atomic E-state index is 0.0189. The molecule has 12 aromatic heterocycles. The monoisotopic (exact) mass is 2010 g/mol. The van der Waals surface area contributed by atoms with Gasteiger partial charge < -0.3 is 28.4 Å². The summed E-state index contributed by atoms with van der Waals surface area (Å²) in [7, 11) is 9.84. The van der Waals surface area contributed by atoms with Crippen molar-refractivity contribution in [1.29, 1.82) is 0 Å². The zero-order valence-corrected chi connectivity index (χ0v) is 97.5. The normalized spacial score (nSPS) is 11.5. The van der Waals surface area contributed by atoms with E-state index in [-0.39, 0.29) is 65.4 Å². The number of aromatic nitrogens is 16. The average molecular weight is 2020 g/mol. The van der Waals surface area contributed by atoms with E-state index in [1.165, 1.54) is 39.7 Å². The number of ether oxygens (including phenoxy) is 6. The highest BCUT2D eigenvalue weighted by Gasteiger charge is 2.28. The molecule has 14 rings (SSSR count). The molecule has 0 fully saturated rings. The first-order valence-corrected chi connectivity index (χ1v) is 50.4. The third-order valence-corrected chi connectivity index (χ3v) is 22.7. The van der Waals surface area contributed by atoms with Crippen molar-refractivity contribution in [2.45, 2.75) is 336 Å². The molecule has 0 unspecified atom stereocenters. The maximum Gasteiger partial charge on any atom is 0.213 e. The Hall–Kier alpha value is -12.6. The summed E-state index contributed by atoms with van der Waals surface area (Å²) in [6, 6.07) is 51.1. The van der Waals surface area contributed by atoms with E-state index in [0.717, 1.165) is 98.4 Å². The molecule has 12 heterocycles. The van der Waals surface area contributed by atoms with Crippen molar-refractivity contribution < 1.29 is 32.8 Å². The zero-order valence-electron chi connectivity index (χ0n) is 96.7. The van der Waals surface area contributed by atoms with Crippen LogP contribution in [0.5, 0.6) is 34.6 Å². The number of rotatable bonds is 11. The van der Waals surface area contributed by atoms with Crippen LogP contribution < -0.4 is 28.4 Å². The van der Waals surface area contributed by atoms with Crippen molar-refractivity contribution in [3.8, 4) is 51.8 Å². The van der Waals surface area contributed by atoms with Gasteiger partial charge in [-0.05, 0) is 170 Å². The van der Waals surface area contributed by atoms with Gasteiger partial charge in [0, 0.05) is 168 Å². The Morgan fingerprint density at radius 2 is 0.808 bits per heavy atom. The summed E-state index contributed by atoms with van der Waals surface area (Å²) < 4.78 is 48.0. The summed E-state index contributed by atoms with van der Waals surface area (Å²) in [6.07, 6.45) is 23.9. The highest BCUT2D eigenvalue weighted by molar-refractivity contribution is 6.32. The summed E-state index contributed by atoms with van der Waals surface area (Å²) in [6.45, 7) is 80.9. The first-order chi connectivity index (χ1) is 67.6. The fourth-order valence-electron chi connectivity index (χ4n) is 14.1. The van der Waals surface area contributed by atoms with Gasteiger partial charge >= 0.3 is 0 Å². The van der Waals surface area contributed by atoms with Crippen LogP contribution in [0.3, 0.4) is 0 Å². The van der Waals surface area contributed by atoms with Gasteiger partial charge in [0.15, 0.2) is 5.82 Å². The van der Waals surface area contributed by atoms with Crippen molar-refractivity contribution in [3.05, 3.63) is 333 Å². The third kappa shape index (κ3) is 41.7. The van der Waals surface area contributed by atoms with Crippen LogP contribution in [-0.4, -0.2) is 122 Å². The predicted molar refractivity (Wildman–Crippen MR) is 603 cm³/mol. The van der Waals surface area contributed by atoms with E-state index in [2.05, 4.69) is 342 Å². The predicted octanol–water partition coefficient (Wildman–Crippen LogP) is 30.2. The number of aryl methyl sites for hydroxylation is 4. The standard InChI is InChI=1S/C13H16N2.C12H16N4.C12H15N3.C11H15FO.2C11H17NO.2C11H17N.C10H14ClNO.2C10H15NO/c1-13(2,3)11-6-4-7-12(10-11)15-9-5-8-14-15;1-9-5-6-10(16-13-7-8-14-16)11(15-9)12(2,3)4;1-12(2,3)10-6-4-7-11(14-10)15-9-5-8-13-15;1-11(2,3)10-8(12)6-5-7-9(10)13-4;1-8-9(13-5)6-7-12-10(8)11(2,3)4;1-8-6-7-9(13-5)12-10(8)11(2,3)4;1-5-9-6-7-12-10(8-9)11(2,3)4;1-5-9-6-7-10(12-8-9)11(2,3)4;1-10(2,3)9-8(11)7(13-4)5-6-12-9;1-10(2,3)9-7-8(12-4)5-6-11-9;1-10(2,3)9-8(12-4)6-5-7-11-9/h4-10H,1-3H3;5-8H,1-4H3;4-9H,1-3H3;5-7H,1-4H3;2*6-7H,1-5H3;2*6-8H,5H2,1-4H3;5-6H,1-4H3;2*5-7H,1-4H3. The number of hydrogen-bond acceptors (Lipinski definition) is 19. The molecule has 0 aliphatic rings. The van der Waals surface area contributed by atoms with Crippen LogP contribution >= 0.6 is 11.6 Å². The van der Waals surface area contributed by atoms with Crippen LogP contribution in [0.2, 0.25) is 5.02 Å². The fourth-order valence-corrected chi connectivity index (χ4v) is 14.6. The van der Waals surface area contributed by atoms with Gasteiger partial charge in [0.1, 0.15) is 45.3 Å². The molecule has 0 aliphatic heterocycles. The summed E-state index contributed by atoms with van der Waals surface area (Å²) in [5.74, 6) is 5.31. The fraction of sp³-hybridized carbons (Fsp3) is 0.467. The van der Waals surface area contributed by atoms with Gasteiger partial charge in [-0.15, -0.1) is 4.80 Å². The highest BCUT2D eigenvalue weighted by atomic mass is 35.5. The average Bonchev–Trinajstić information content (AvgIpc) is 1.31. The molecule has 0 amide bonds. The summed E-state index contributed by atoms with van der Waals surface area (Å²) >= 11 is 6.11. The lowest BCUT2D eigenvalue weighted by atomic mass is 9.86. The molecule has 22 nitrogen and oxygen atoms in total. The number of benzene rings is 2. The molecule has 146 heavy (non-hydrogen) atoms. The van der Waals surface area contributed by atoms with E-state index in [1.54, 1.807) is 120 Å². The molecular weight excluding hydrogens is 1840 g/mol. The van der Waals surface area contributed by atoms with Crippen LogP contribution in [0.4, 0.5) is 4.39 Å². The summed E-state index contributed by atoms with van der Waals surface area (Å²) in [5, 5.41) is 17.3. The van der Waals surface area contributed by atoms with Gasteiger partial charge in [-0.2, -0.15) is 20.4 Å². The van der Waals surface area contributed by atoms with Gasteiger partial charge in [0.25, 0.3) is 0 Å². The maximum atomic E-state index is 13.5. The lowest BCUT2D eigenvalue weighted by molar-refractivity contribution is 0.388. The Balaban J connectivity index is 0.000000335. The summed E-state index contributed by atoms with van der Waals surface area (Å²) in [4.78, 5) is 41.2. The second kappa shape index (κ2) is 55.8. The molecule has 0 spiro atoms. The van der Waals surface area contributed by atoms with E-state index in [1.807, 2.05) is 149 Å². The van der Waals surface area contributed by atoms with E-state index in [0.29, 0.717) is 28.0 Å². The van der Waals surface area contributed by atoms with Gasteiger partial charge in [-0.25, -0.2) is 23.7 Å². The van der Waals surface area contributed by atoms with Gasteiger partial charge in [0.2, 0.25) is 5.88 Å². The Kier molecular flexibility index (Phi) is 48.0. The second-order valence-electron chi connectivity index (χ2n) is 46.7. The first kappa shape index (κ1) is 126. The first-order valence-electron chi connectivity index (χ1n) is 50.0. The zero-order chi connectivity index (χ0) is 111. The molecule has 0 aliphatic carbocycles.